The zero-order valence-electron chi connectivity index (χ0n) is 7.06. The van der Waals surface area contributed by atoms with Crippen LogP contribution < -0.4 is 0 Å². The minimum atomic E-state index is -0.0678. The van der Waals surface area contributed by atoms with Gasteiger partial charge in [-0.2, -0.15) is 0 Å². The van der Waals surface area contributed by atoms with Crippen molar-refractivity contribution in [1.82, 2.24) is 0 Å². The molecule has 0 amide bonds. The maximum Gasteiger partial charge on any atom is 0.0528 e. The highest BCUT2D eigenvalue weighted by Gasteiger charge is 2.44. The van der Waals surface area contributed by atoms with Crippen LogP contribution in [0.5, 0.6) is 0 Å². The van der Waals surface area contributed by atoms with E-state index in [4.69, 9.17) is 23.2 Å². The van der Waals surface area contributed by atoms with E-state index in [1.54, 1.807) is 6.07 Å². The molecule has 1 aromatic rings. The van der Waals surface area contributed by atoms with Crippen LogP contribution in [-0.2, 0) is 5.41 Å². The van der Waals surface area contributed by atoms with Gasteiger partial charge >= 0.3 is 0 Å². The molecule has 0 aliphatic heterocycles. The first-order chi connectivity index (χ1) is 6.18. The van der Waals surface area contributed by atoms with E-state index in [0.29, 0.717) is 10.0 Å². The van der Waals surface area contributed by atoms with E-state index in [1.165, 1.54) is 0 Å². The number of halogens is 2. The summed E-state index contributed by atoms with van der Waals surface area (Å²) in [6.07, 6.45) is 2.04. The maximum atomic E-state index is 9.21. The first kappa shape index (κ1) is 9.32. The highest BCUT2D eigenvalue weighted by molar-refractivity contribution is 6.35. The molecule has 1 saturated carbocycles. The largest absolute Gasteiger partial charge is 0.395 e. The van der Waals surface area contributed by atoms with E-state index in [2.05, 4.69) is 0 Å². The Morgan fingerprint density at radius 1 is 1.31 bits per heavy atom. The highest BCUT2D eigenvalue weighted by Crippen LogP contribution is 2.50. The van der Waals surface area contributed by atoms with Crippen LogP contribution in [0.15, 0.2) is 18.2 Å². The molecule has 0 bridgehead atoms. The highest BCUT2D eigenvalue weighted by atomic mass is 35.5. The topological polar surface area (TPSA) is 20.2 Å². The number of hydrogen-bond acceptors (Lipinski definition) is 1. The van der Waals surface area contributed by atoms with Gasteiger partial charge in [0.1, 0.15) is 0 Å². The Kier molecular flexibility index (Phi) is 2.26. The fourth-order valence-corrected chi connectivity index (χ4v) is 2.19. The molecule has 0 saturated heterocycles. The third-order valence-corrected chi connectivity index (χ3v) is 3.21. The summed E-state index contributed by atoms with van der Waals surface area (Å²) in [5.74, 6) is 0. The van der Waals surface area contributed by atoms with Crippen LogP contribution in [0.3, 0.4) is 0 Å². The minimum Gasteiger partial charge on any atom is -0.395 e. The lowest BCUT2D eigenvalue weighted by atomic mass is 9.97. The van der Waals surface area contributed by atoms with Crippen LogP contribution in [-0.4, -0.2) is 11.7 Å². The first-order valence-corrected chi connectivity index (χ1v) is 5.00. The molecular weight excluding hydrogens is 207 g/mol. The van der Waals surface area contributed by atoms with Crippen LogP contribution in [0.2, 0.25) is 10.0 Å². The lowest BCUT2D eigenvalue weighted by Gasteiger charge is -2.13. The van der Waals surface area contributed by atoms with Gasteiger partial charge in [-0.15, -0.1) is 0 Å². The Labute approximate surface area is 87.3 Å². The molecule has 0 heterocycles. The number of hydrogen-bond donors (Lipinski definition) is 1. The molecule has 2 rings (SSSR count). The molecule has 13 heavy (non-hydrogen) atoms. The number of rotatable bonds is 2. The molecule has 3 heteroatoms. The molecule has 0 aromatic heterocycles. The molecule has 0 atom stereocenters. The molecule has 0 radical (unpaired) electrons. The first-order valence-electron chi connectivity index (χ1n) is 4.24. The van der Waals surface area contributed by atoms with Crippen molar-refractivity contribution in [2.24, 2.45) is 0 Å². The Balaban J connectivity index is 2.41. The molecule has 0 spiro atoms. The van der Waals surface area contributed by atoms with Crippen LogP contribution in [0, 0.1) is 0 Å². The van der Waals surface area contributed by atoms with E-state index in [9.17, 15) is 5.11 Å². The summed E-state index contributed by atoms with van der Waals surface area (Å²) in [5, 5.41) is 10.5. The molecule has 1 aliphatic carbocycles. The van der Waals surface area contributed by atoms with Gasteiger partial charge in [0.25, 0.3) is 0 Å². The maximum absolute atomic E-state index is 9.21. The van der Waals surface area contributed by atoms with Crippen molar-refractivity contribution in [3.63, 3.8) is 0 Å². The van der Waals surface area contributed by atoms with Gasteiger partial charge in [-0.3, -0.25) is 0 Å². The van der Waals surface area contributed by atoms with Crippen LogP contribution in [0.4, 0.5) is 0 Å². The van der Waals surface area contributed by atoms with E-state index < -0.39 is 0 Å². The monoisotopic (exact) mass is 216 g/mol. The van der Waals surface area contributed by atoms with Gasteiger partial charge in [0.05, 0.1) is 6.61 Å². The fraction of sp³-hybridized carbons (Fsp3) is 0.400. The number of aliphatic hydroxyl groups is 1. The van der Waals surface area contributed by atoms with Crippen molar-refractivity contribution in [2.75, 3.05) is 6.61 Å². The van der Waals surface area contributed by atoms with Gasteiger partial charge in [0.15, 0.2) is 0 Å². The average Bonchev–Trinajstić information content (AvgIpc) is 2.85. The predicted octanol–water partition coefficient (Wildman–Crippen LogP) is 3.02. The summed E-state index contributed by atoms with van der Waals surface area (Å²) < 4.78 is 0. The third-order valence-electron chi connectivity index (χ3n) is 2.66. The predicted molar refractivity (Wildman–Crippen MR) is 54.5 cm³/mol. The van der Waals surface area contributed by atoms with Crippen molar-refractivity contribution in [1.29, 1.82) is 0 Å². The number of aliphatic hydroxyl groups excluding tert-OH is 1. The zero-order valence-corrected chi connectivity index (χ0v) is 8.57. The Bertz CT molecular complexity index is 332. The van der Waals surface area contributed by atoms with Crippen LogP contribution >= 0.6 is 23.2 Å². The lowest BCUT2D eigenvalue weighted by Crippen LogP contribution is -2.12. The SMILES string of the molecule is OCC1(c2ccc(Cl)cc2Cl)CC1. The number of benzene rings is 1. The average molecular weight is 217 g/mol. The molecule has 70 valence electrons. The second kappa shape index (κ2) is 3.16. The van der Waals surface area contributed by atoms with E-state index >= 15 is 0 Å². The second-order valence-electron chi connectivity index (χ2n) is 3.56. The van der Waals surface area contributed by atoms with E-state index in [1.807, 2.05) is 12.1 Å². The smallest absolute Gasteiger partial charge is 0.0528 e. The van der Waals surface area contributed by atoms with E-state index in [0.717, 1.165) is 18.4 Å². The molecule has 0 unspecified atom stereocenters. The van der Waals surface area contributed by atoms with Crippen molar-refractivity contribution < 1.29 is 5.11 Å². The van der Waals surface area contributed by atoms with Crippen molar-refractivity contribution >= 4 is 23.2 Å². The van der Waals surface area contributed by atoms with Crippen LogP contribution in [0.25, 0.3) is 0 Å². The Hall–Kier alpha value is -0.240. The molecule has 1 fully saturated rings. The summed E-state index contributed by atoms with van der Waals surface area (Å²) in [4.78, 5) is 0. The minimum absolute atomic E-state index is 0.0678. The van der Waals surface area contributed by atoms with Gasteiger partial charge < -0.3 is 5.11 Å². The fourth-order valence-electron chi connectivity index (χ4n) is 1.58. The van der Waals surface area contributed by atoms with Crippen molar-refractivity contribution in [3.8, 4) is 0 Å². The molecule has 1 aliphatic rings. The summed E-state index contributed by atoms with van der Waals surface area (Å²) >= 11 is 11.8. The summed E-state index contributed by atoms with van der Waals surface area (Å²) in [6.45, 7) is 0.175. The molecule has 1 aromatic carbocycles. The van der Waals surface area contributed by atoms with Gasteiger partial charge in [-0.05, 0) is 30.5 Å². The van der Waals surface area contributed by atoms with Gasteiger partial charge in [-0.1, -0.05) is 29.3 Å². The summed E-state index contributed by atoms with van der Waals surface area (Å²) in [6, 6.07) is 5.46. The third kappa shape index (κ3) is 1.56. The second-order valence-corrected chi connectivity index (χ2v) is 4.41. The van der Waals surface area contributed by atoms with Gasteiger partial charge in [-0.25, -0.2) is 0 Å². The normalized spacial score (nSPS) is 18.7. The molecule has 1 N–H and O–H groups in total. The summed E-state index contributed by atoms with van der Waals surface area (Å²) in [5.41, 5.74) is 0.961. The van der Waals surface area contributed by atoms with Crippen LogP contribution in [0.1, 0.15) is 18.4 Å². The standard InChI is InChI=1S/C10H10Cl2O/c11-7-1-2-8(9(12)5-7)10(6-13)3-4-10/h1-2,5,13H,3-4,6H2. The molecule has 1 nitrogen and oxygen atoms in total. The molecular formula is C10H10Cl2O. The van der Waals surface area contributed by atoms with Crippen molar-refractivity contribution in [2.45, 2.75) is 18.3 Å². The van der Waals surface area contributed by atoms with E-state index in [-0.39, 0.29) is 12.0 Å². The Morgan fingerprint density at radius 2 is 2.00 bits per heavy atom. The quantitative estimate of drug-likeness (QED) is 0.807. The lowest BCUT2D eigenvalue weighted by molar-refractivity contribution is 0.255. The Morgan fingerprint density at radius 3 is 2.46 bits per heavy atom. The van der Waals surface area contributed by atoms with Gasteiger partial charge in [0, 0.05) is 15.5 Å². The van der Waals surface area contributed by atoms with Crippen molar-refractivity contribution in [3.05, 3.63) is 33.8 Å². The summed E-state index contributed by atoms with van der Waals surface area (Å²) in [7, 11) is 0. The van der Waals surface area contributed by atoms with Gasteiger partial charge in [0.2, 0.25) is 0 Å². The zero-order chi connectivity index (χ0) is 9.47.